The average molecular weight is 426 g/mol. The van der Waals surface area contributed by atoms with Crippen molar-refractivity contribution in [2.45, 2.75) is 72.6 Å². The molecule has 0 bridgehead atoms. The number of anilines is 1. The maximum absolute atomic E-state index is 13.3. The van der Waals surface area contributed by atoms with E-state index in [1.165, 1.54) is 4.57 Å². The number of fused-ring (bicyclic) bond motifs is 1. The molecule has 31 heavy (non-hydrogen) atoms. The van der Waals surface area contributed by atoms with Gasteiger partial charge in [-0.05, 0) is 38.8 Å². The summed E-state index contributed by atoms with van der Waals surface area (Å²) in [6.45, 7) is 8.61. The van der Waals surface area contributed by atoms with E-state index in [1.54, 1.807) is 15.8 Å². The number of aromatic nitrogens is 4. The van der Waals surface area contributed by atoms with Crippen molar-refractivity contribution in [1.29, 1.82) is 0 Å². The van der Waals surface area contributed by atoms with Gasteiger partial charge in [-0.3, -0.25) is 14.2 Å². The minimum absolute atomic E-state index is 0.123. The van der Waals surface area contributed by atoms with Crippen molar-refractivity contribution in [3.8, 4) is 0 Å². The van der Waals surface area contributed by atoms with Crippen LogP contribution in [0, 0.1) is 0 Å². The molecule has 8 heteroatoms. The highest BCUT2D eigenvalue weighted by molar-refractivity contribution is 5.93. The number of unbranched alkanes of at least 4 members (excludes halogenated alkanes) is 1. The van der Waals surface area contributed by atoms with E-state index in [2.05, 4.69) is 11.9 Å². The van der Waals surface area contributed by atoms with Gasteiger partial charge in [0.15, 0.2) is 11.2 Å². The fraction of sp³-hybridized carbons (Fsp3) is 0.478. The van der Waals surface area contributed by atoms with Crippen LogP contribution in [-0.4, -0.2) is 30.6 Å². The van der Waals surface area contributed by atoms with Gasteiger partial charge in [-0.25, -0.2) is 14.3 Å². The monoisotopic (exact) mass is 425 g/mol. The van der Waals surface area contributed by atoms with Gasteiger partial charge < -0.3 is 9.47 Å². The number of hydrogen-bond donors (Lipinski definition) is 0. The van der Waals surface area contributed by atoms with Crippen LogP contribution in [0.25, 0.3) is 11.2 Å². The van der Waals surface area contributed by atoms with E-state index in [1.807, 2.05) is 51.1 Å². The molecule has 0 radical (unpaired) electrons. The van der Waals surface area contributed by atoms with Crippen LogP contribution < -0.4 is 16.1 Å². The summed E-state index contributed by atoms with van der Waals surface area (Å²) < 4.78 is 4.36. The summed E-state index contributed by atoms with van der Waals surface area (Å²) in [6, 6.07) is 9.17. The first-order valence-electron chi connectivity index (χ1n) is 11.0. The van der Waals surface area contributed by atoms with Crippen molar-refractivity contribution in [2.24, 2.45) is 0 Å². The Labute approximate surface area is 181 Å². The average Bonchev–Trinajstić information content (AvgIpc) is 3.17. The Bertz CT molecular complexity index is 1160. The zero-order valence-corrected chi connectivity index (χ0v) is 18.7. The molecule has 8 nitrogen and oxygen atoms in total. The van der Waals surface area contributed by atoms with E-state index >= 15 is 0 Å². The number of nitrogens with zero attached hydrogens (tertiary/aromatic N) is 5. The fourth-order valence-electron chi connectivity index (χ4n) is 3.83. The van der Waals surface area contributed by atoms with E-state index < -0.39 is 11.2 Å². The number of rotatable bonds is 9. The van der Waals surface area contributed by atoms with Crippen LogP contribution in [0.3, 0.4) is 0 Å². The van der Waals surface area contributed by atoms with Crippen LogP contribution in [0.1, 0.15) is 47.0 Å². The van der Waals surface area contributed by atoms with E-state index in [0.717, 1.165) is 23.1 Å². The predicted molar refractivity (Wildman–Crippen MR) is 123 cm³/mol. The number of amides is 1. The van der Waals surface area contributed by atoms with Gasteiger partial charge >= 0.3 is 5.69 Å². The van der Waals surface area contributed by atoms with Crippen LogP contribution in [0.2, 0.25) is 0 Å². The first-order chi connectivity index (χ1) is 14.9. The normalized spacial score (nSPS) is 11.4. The third-order valence-corrected chi connectivity index (χ3v) is 5.30. The van der Waals surface area contributed by atoms with Crippen LogP contribution in [-0.2, 0) is 24.4 Å². The van der Waals surface area contributed by atoms with E-state index in [9.17, 15) is 14.4 Å². The topological polar surface area (TPSA) is 82.1 Å². The van der Waals surface area contributed by atoms with Crippen LogP contribution in [0.15, 0.2) is 46.2 Å². The van der Waals surface area contributed by atoms with Crippen molar-refractivity contribution in [1.82, 2.24) is 18.7 Å². The molecule has 0 N–H and O–H groups in total. The van der Waals surface area contributed by atoms with E-state index in [4.69, 9.17) is 0 Å². The molecule has 0 fully saturated rings. The molecule has 2 aromatic heterocycles. The molecule has 0 atom stereocenters. The van der Waals surface area contributed by atoms with Gasteiger partial charge in [-0.2, -0.15) is 0 Å². The van der Waals surface area contributed by atoms with E-state index in [-0.39, 0.29) is 18.5 Å². The third-order valence-electron chi connectivity index (χ3n) is 5.30. The van der Waals surface area contributed by atoms with Crippen molar-refractivity contribution in [3.63, 3.8) is 0 Å². The number of para-hydroxylation sites is 1. The second-order valence-corrected chi connectivity index (χ2v) is 7.98. The molecule has 0 aliphatic carbocycles. The summed E-state index contributed by atoms with van der Waals surface area (Å²) in [4.78, 5) is 45.8. The maximum atomic E-state index is 13.3. The highest BCUT2D eigenvalue weighted by atomic mass is 16.2. The number of hydrogen-bond acceptors (Lipinski definition) is 4. The molecule has 0 aliphatic rings. The Hall–Kier alpha value is -3.16. The molecule has 0 spiro atoms. The van der Waals surface area contributed by atoms with Crippen molar-refractivity contribution >= 4 is 22.8 Å². The Kier molecular flexibility index (Phi) is 7.09. The molecule has 2 heterocycles. The standard InChI is InChI=1S/C23H31N5O3/c1-5-7-14-25-16-24-21-20(25)22(30)27(23(31)26(21)13-6-2)15-19(29)28(17(3)4)18-11-9-8-10-12-18/h8-12,16-17H,5-7,13-15H2,1-4H3. The third kappa shape index (κ3) is 4.47. The summed E-state index contributed by atoms with van der Waals surface area (Å²) in [5, 5.41) is 0. The molecule has 0 aliphatic heterocycles. The van der Waals surface area contributed by atoms with Crippen molar-refractivity contribution < 1.29 is 4.79 Å². The Morgan fingerprint density at radius 3 is 2.35 bits per heavy atom. The summed E-state index contributed by atoms with van der Waals surface area (Å²) >= 11 is 0. The lowest BCUT2D eigenvalue weighted by Gasteiger charge is -2.27. The SMILES string of the molecule is CCCCn1cnc2c1c(=O)n(CC(=O)N(c1ccccc1)C(C)C)c(=O)n2CCC. The first-order valence-corrected chi connectivity index (χ1v) is 11.0. The Morgan fingerprint density at radius 2 is 1.74 bits per heavy atom. The second-order valence-electron chi connectivity index (χ2n) is 7.98. The zero-order valence-electron chi connectivity index (χ0n) is 18.7. The summed E-state index contributed by atoms with van der Waals surface area (Å²) in [5.74, 6) is -0.303. The highest BCUT2D eigenvalue weighted by Gasteiger charge is 2.23. The molecule has 0 saturated carbocycles. The largest absolute Gasteiger partial charge is 0.333 e. The number of benzene rings is 1. The van der Waals surface area contributed by atoms with Gasteiger partial charge in [0, 0.05) is 24.8 Å². The summed E-state index contributed by atoms with van der Waals surface area (Å²) in [6.07, 6.45) is 4.20. The molecule has 1 aromatic carbocycles. The molecule has 3 rings (SSSR count). The number of carbonyl (C=O) groups is 1. The van der Waals surface area contributed by atoms with E-state index in [0.29, 0.717) is 30.7 Å². The minimum atomic E-state index is -0.495. The number of carbonyl (C=O) groups excluding carboxylic acids is 1. The minimum Gasteiger partial charge on any atom is -0.325 e. The fourth-order valence-corrected chi connectivity index (χ4v) is 3.83. The Balaban J connectivity index is 2.11. The summed E-state index contributed by atoms with van der Waals surface area (Å²) in [7, 11) is 0. The number of aryl methyl sites for hydroxylation is 2. The lowest BCUT2D eigenvalue weighted by atomic mass is 10.2. The quantitative estimate of drug-likeness (QED) is 0.528. The van der Waals surface area contributed by atoms with Gasteiger partial charge in [0.25, 0.3) is 5.56 Å². The van der Waals surface area contributed by atoms with Crippen molar-refractivity contribution in [2.75, 3.05) is 4.90 Å². The second kappa shape index (κ2) is 9.76. The van der Waals surface area contributed by atoms with Gasteiger partial charge in [-0.1, -0.05) is 38.5 Å². The van der Waals surface area contributed by atoms with Crippen molar-refractivity contribution in [3.05, 3.63) is 57.5 Å². The predicted octanol–water partition coefficient (Wildman–Crippen LogP) is 3.01. The molecule has 166 valence electrons. The smallest absolute Gasteiger partial charge is 0.325 e. The molecule has 0 saturated heterocycles. The molecule has 3 aromatic rings. The van der Waals surface area contributed by atoms with Gasteiger partial charge in [0.1, 0.15) is 6.54 Å². The van der Waals surface area contributed by atoms with Crippen LogP contribution in [0.4, 0.5) is 5.69 Å². The molecule has 0 unspecified atom stereocenters. The first kappa shape index (κ1) is 22.5. The molecular weight excluding hydrogens is 394 g/mol. The number of imidazole rings is 1. The molecule has 1 amide bonds. The zero-order chi connectivity index (χ0) is 22.5. The lowest BCUT2D eigenvalue weighted by molar-refractivity contribution is -0.119. The van der Waals surface area contributed by atoms with Gasteiger partial charge in [-0.15, -0.1) is 0 Å². The van der Waals surface area contributed by atoms with Crippen LogP contribution in [0.5, 0.6) is 0 Å². The van der Waals surface area contributed by atoms with Crippen LogP contribution >= 0.6 is 0 Å². The lowest BCUT2D eigenvalue weighted by Crippen LogP contribution is -2.47. The molecular formula is C23H31N5O3. The summed E-state index contributed by atoms with van der Waals surface area (Å²) in [5.41, 5.74) is 0.542. The Morgan fingerprint density at radius 1 is 1.03 bits per heavy atom. The maximum Gasteiger partial charge on any atom is 0.333 e. The van der Waals surface area contributed by atoms with Gasteiger partial charge in [0.2, 0.25) is 5.91 Å². The van der Waals surface area contributed by atoms with Gasteiger partial charge in [0.05, 0.1) is 6.33 Å². The highest BCUT2D eigenvalue weighted by Crippen LogP contribution is 2.17.